The lowest BCUT2D eigenvalue weighted by Crippen LogP contribution is -2.67. The van der Waals surface area contributed by atoms with Gasteiger partial charge >= 0.3 is 0 Å². The molecule has 0 spiro atoms. The SMILES string of the molecule is Cc1cc(C)nc(N[Si](C)(C)C([Si](C)(C)Nc2cc(C)cc(C)n2)[Si](C)(C)Nc2cc(C)cc(C)n2)c1. The Bertz CT molecular complexity index is 1060. The van der Waals surface area contributed by atoms with Gasteiger partial charge in [-0.15, -0.1) is 0 Å². The summed E-state index contributed by atoms with van der Waals surface area (Å²) in [5.74, 6) is 2.97. The molecule has 0 aliphatic heterocycles. The van der Waals surface area contributed by atoms with Gasteiger partial charge in [0.2, 0.25) is 0 Å². The van der Waals surface area contributed by atoms with E-state index in [1.807, 2.05) is 0 Å². The van der Waals surface area contributed by atoms with Crippen molar-refractivity contribution in [1.29, 1.82) is 0 Å². The predicted octanol–water partition coefficient (Wildman–Crippen LogP) is 7.42. The van der Waals surface area contributed by atoms with Crippen molar-refractivity contribution >= 4 is 42.2 Å². The van der Waals surface area contributed by atoms with Gasteiger partial charge in [-0.3, -0.25) is 0 Å². The first-order chi connectivity index (χ1) is 17.0. The molecule has 3 aromatic heterocycles. The second-order valence-electron chi connectivity index (χ2n) is 12.5. The molecule has 0 saturated carbocycles. The molecule has 0 radical (unpaired) electrons. The van der Waals surface area contributed by atoms with Crippen LogP contribution in [0.1, 0.15) is 33.8 Å². The van der Waals surface area contributed by atoms with Crippen LogP contribution >= 0.6 is 0 Å². The molecule has 0 bridgehead atoms. The highest BCUT2D eigenvalue weighted by atomic mass is 28.5. The maximum atomic E-state index is 4.87. The van der Waals surface area contributed by atoms with Crippen LogP contribution < -0.4 is 14.9 Å². The summed E-state index contributed by atoms with van der Waals surface area (Å²) in [5.41, 5.74) is 6.85. The molecule has 0 aliphatic carbocycles. The fraction of sp³-hybridized carbons (Fsp3) is 0.464. The standard InChI is InChI=1S/C28H46N6Si3/c1-19-13-22(4)29-25(16-19)32-35(7,8)28(36(9,10)33-26-17-20(2)14-23(5)30-26)37(11,12)34-27-18-21(3)15-24(6)31-27/h13-18,28H,1-12H3,(H,29,32)(H,30,33)(H,31,34). The molecule has 0 aromatic carbocycles. The van der Waals surface area contributed by atoms with Crippen LogP contribution in [-0.4, -0.2) is 39.7 Å². The molecule has 3 N–H and O–H groups in total. The quantitative estimate of drug-likeness (QED) is 0.241. The van der Waals surface area contributed by atoms with Gasteiger partial charge in [-0.25, -0.2) is 15.0 Å². The molecule has 3 rings (SSSR count). The third kappa shape index (κ3) is 7.52. The fourth-order valence-corrected chi connectivity index (χ4v) is 32.4. The van der Waals surface area contributed by atoms with Crippen LogP contribution in [0.5, 0.6) is 0 Å². The zero-order valence-corrected chi connectivity index (χ0v) is 27.9. The molecular weight excluding hydrogens is 505 g/mol. The van der Waals surface area contributed by atoms with E-state index < -0.39 is 24.7 Å². The van der Waals surface area contributed by atoms with Crippen molar-refractivity contribution in [2.45, 2.75) is 85.6 Å². The summed E-state index contributed by atoms with van der Waals surface area (Å²) in [6.07, 6.45) is 0. The third-order valence-electron chi connectivity index (χ3n) is 6.81. The third-order valence-corrected chi connectivity index (χ3v) is 26.8. The highest BCUT2D eigenvalue weighted by Crippen LogP contribution is 2.41. The molecule has 0 saturated heterocycles. The molecule has 200 valence electrons. The molecular formula is C28H46N6Si3. The van der Waals surface area contributed by atoms with Crippen molar-refractivity contribution in [3.05, 3.63) is 70.2 Å². The minimum atomic E-state index is -2.12. The van der Waals surface area contributed by atoms with Gasteiger partial charge in [0.1, 0.15) is 42.2 Å². The Morgan fingerprint density at radius 1 is 0.459 bits per heavy atom. The first kappa shape index (κ1) is 29.1. The number of rotatable bonds is 9. The molecule has 37 heavy (non-hydrogen) atoms. The van der Waals surface area contributed by atoms with Gasteiger partial charge in [-0.05, 0) is 99.4 Å². The number of aryl methyl sites for hydroxylation is 6. The average Bonchev–Trinajstić information content (AvgIpc) is 2.62. The van der Waals surface area contributed by atoms with Crippen molar-refractivity contribution in [2.24, 2.45) is 0 Å². The van der Waals surface area contributed by atoms with Crippen LogP contribution in [-0.2, 0) is 0 Å². The lowest BCUT2D eigenvalue weighted by atomic mass is 10.2. The summed E-state index contributed by atoms with van der Waals surface area (Å²) in [5, 5.41) is 0. The Kier molecular flexibility index (Phi) is 8.41. The minimum Gasteiger partial charge on any atom is -0.396 e. The minimum absolute atomic E-state index is 0.459. The van der Waals surface area contributed by atoms with Crippen LogP contribution in [0.25, 0.3) is 0 Å². The normalized spacial score (nSPS) is 12.6. The van der Waals surface area contributed by atoms with E-state index in [2.05, 4.69) is 132 Å². The second-order valence-corrected chi connectivity index (χ2v) is 27.0. The molecule has 0 fully saturated rings. The zero-order valence-electron chi connectivity index (χ0n) is 24.9. The second kappa shape index (κ2) is 10.7. The predicted molar refractivity (Wildman–Crippen MR) is 168 cm³/mol. The van der Waals surface area contributed by atoms with Gasteiger partial charge in [0.15, 0.2) is 0 Å². The van der Waals surface area contributed by atoms with E-state index in [9.17, 15) is 0 Å². The van der Waals surface area contributed by atoms with Gasteiger partial charge < -0.3 is 14.9 Å². The Morgan fingerprint density at radius 2 is 0.703 bits per heavy atom. The number of pyridine rings is 3. The molecule has 0 amide bonds. The molecule has 3 heterocycles. The molecule has 9 heteroatoms. The van der Waals surface area contributed by atoms with Crippen molar-refractivity contribution in [1.82, 2.24) is 15.0 Å². The maximum absolute atomic E-state index is 4.87. The number of nitrogens with zero attached hydrogens (tertiary/aromatic N) is 3. The average molecular weight is 551 g/mol. The summed E-state index contributed by atoms with van der Waals surface area (Å²) in [6, 6.07) is 12.9. The topological polar surface area (TPSA) is 74.8 Å². The summed E-state index contributed by atoms with van der Waals surface area (Å²) in [4.78, 5) is 27.1. The molecule has 6 nitrogen and oxygen atoms in total. The number of hydrogen-bond acceptors (Lipinski definition) is 6. The first-order valence-corrected chi connectivity index (χ1v) is 22.4. The molecule has 0 aliphatic rings. The van der Waals surface area contributed by atoms with Crippen LogP contribution in [0.4, 0.5) is 17.5 Å². The van der Waals surface area contributed by atoms with Crippen molar-refractivity contribution < 1.29 is 0 Å². The van der Waals surface area contributed by atoms with Gasteiger partial charge in [0.25, 0.3) is 0 Å². The first-order valence-electron chi connectivity index (χ1n) is 13.2. The number of anilines is 3. The highest BCUT2D eigenvalue weighted by molar-refractivity contribution is 7.15. The summed E-state index contributed by atoms with van der Waals surface area (Å²) in [6.45, 7) is 27.4. The van der Waals surface area contributed by atoms with Crippen LogP contribution in [0.3, 0.4) is 0 Å². The van der Waals surface area contributed by atoms with Crippen LogP contribution in [0.2, 0.25) is 44.1 Å². The number of aromatic nitrogens is 3. The molecule has 0 atom stereocenters. The van der Waals surface area contributed by atoms with Crippen molar-refractivity contribution in [3.8, 4) is 0 Å². The lowest BCUT2D eigenvalue weighted by Gasteiger charge is -2.50. The Morgan fingerprint density at radius 3 is 0.919 bits per heavy atom. The fourth-order valence-electron chi connectivity index (χ4n) is 6.63. The van der Waals surface area contributed by atoms with E-state index in [0.29, 0.717) is 4.79 Å². The smallest absolute Gasteiger partial charge is 0.150 e. The summed E-state index contributed by atoms with van der Waals surface area (Å²) in [7, 11) is -6.37. The molecule has 3 aromatic rings. The van der Waals surface area contributed by atoms with Gasteiger partial charge in [0.05, 0.1) is 0 Å². The highest BCUT2D eigenvalue weighted by Gasteiger charge is 2.54. The Hall–Kier alpha value is -2.50. The van der Waals surface area contributed by atoms with E-state index in [-0.39, 0.29) is 0 Å². The van der Waals surface area contributed by atoms with E-state index in [1.165, 1.54) is 16.7 Å². The van der Waals surface area contributed by atoms with E-state index in [1.54, 1.807) is 0 Å². The van der Waals surface area contributed by atoms with Gasteiger partial charge in [-0.2, -0.15) is 0 Å². The van der Waals surface area contributed by atoms with Crippen molar-refractivity contribution in [2.75, 3.05) is 14.9 Å². The zero-order chi connectivity index (χ0) is 27.8. The van der Waals surface area contributed by atoms with Crippen molar-refractivity contribution in [3.63, 3.8) is 0 Å². The van der Waals surface area contributed by atoms with Crippen LogP contribution in [0.15, 0.2) is 36.4 Å². The van der Waals surface area contributed by atoms with Crippen LogP contribution in [0, 0.1) is 41.5 Å². The van der Waals surface area contributed by atoms with E-state index >= 15 is 0 Å². The number of hydrogen-bond donors (Lipinski definition) is 3. The Labute approximate surface area is 227 Å². The lowest BCUT2D eigenvalue weighted by molar-refractivity contribution is 1.16. The maximum Gasteiger partial charge on any atom is 0.150 e. The Balaban J connectivity index is 2.08. The summed E-state index contributed by atoms with van der Waals surface area (Å²) >= 11 is 0. The molecule has 0 unspecified atom stereocenters. The monoisotopic (exact) mass is 550 g/mol. The van der Waals surface area contributed by atoms with E-state index in [0.717, 1.165) is 34.5 Å². The van der Waals surface area contributed by atoms with Gasteiger partial charge in [-0.1, -0.05) is 39.3 Å². The number of nitrogens with one attached hydrogen (secondary N) is 3. The largest absolute Gasteiger partial charge is 0.396 e. The van der Waals surface area contributed by atoms with Gasteiger partial charge in [0, 0.05) is 17.1 Å². The summed E-state index contributed by atoms with van der Waals surface area (Å²) < 4.78 is 0. The van der Waals surface area contributed by atoms with E-state index in [4.69, 9.17) is 15.0 Å².